The highest BCUT2D eigenvalue weighted by Gasteiger charge is 2.22. The summed E-state index contributed by atoms with van der Waals surface area (Å²) in [6, 6.07) is 11.8. The second-order valence-corrected chi connectivity index (χ2v) is 7.66. The maximum absolute atomic E-state index is 12.3. The van der Waals surface area contributed by atoms with Gasteiger partial charge in [-0.25, -0.2) is 0 Å². The standard InChI is InChI=1S/C22H27ClN2O4/c1-13(2)21(25-15(4)27)22(28)24-12-16-5-8-18(9-6-16)29-20-10-7-17(14(3)26)11-19(20)23/h5-11,13-14,21,26H,12H2,1-4H3,(H,24,28)(H,25,27). The molecule has 6 nitrogen and oxygen atoms in total. The highest BCUT2D eigenvalue weighted by Crippen LogP contribution is 2.31. The van der Waals surface area contributed by atoms with E-state index in [1.165, 1.54) is 6.92 Å². The molecule has 3 N–H and O–H groups in total. The van der Waals surface area contributed by atoms with Crippen LogP contribution in [0.1, 0.15) is 44.9 Å². The lowest BCUT2D eigenvalue weighted by atomic mass is 10.0. The fourth-order valence-corrected chi connectivity index (χ4v) is 2.94. The Morgan fingerprint density at radius 1 is 1.10 bits per heavy atom. The average molecular weight is 419 g/mol. The second-order valence-electron chi connectivity index (χ2n) is 7.25. The number of ether oxygens (including phenoxy) is 1. The number of amides is 2. The van der Waals surface area contributed by atoms with Crippen LogP contribution in [0, 0.1) is 5.92 Å². The molecule has 2 rings (SSSR count). The minimum absolute atomic E-state index is 0.0142. The van der Waals surface area contributed by atoms with E-state index in [1.54, 1.807) is 37.3 Å². The maximum Gasteiger partial charge on any atom is 0.243 e. The first-order valence-electron chi connectivity index (χ1n) is 9.46. The predicted molar refractivity (Wildman–Crippen MR) is 113 cm³/mol. The number of aliphatic hydroxyl groups is 1. The van der Waals surface area contributed by atoms with Crippen LogP contribution < -0.4 is 15.4 Å². The van der Waals surface area contributed by atoms with Crippen LogP contribution >= 0.6 is 11.6 Å². The molecule has 2 aromatic carbocycles. The van der Waals surface area contributed by atoms with Crippen molar-refractivity contribution in [3.63, 3.8) is 0 Å². The van der Waals surface area contributed by atoms with E-state index < -0.39 is 12.1 Å². The zero-order chi connectivity index (χ0) is 21.6. The van der Waals surface area contributed by atoms with Gasteiger partial charge in [0.1, 0.15) is 17.5 Å². The number of aliphatic hydroxyl groups excluding tert-OH is 1. The van der Waals surface area contributed by atoms with Crippen molar-refractivity contribution in [3.8, 4) is 11.5 Å². The molecule has 2 atom stereocenters. The zero-order valence-corrected chi connectivity index (χ0v) is 17.8. The van der Waals surface area contributed by atoms with Crippen molar-refractivity contribution < 1.29 is 19.4 Å². The quantitative estimate of drug-likeness (QED) is 0.605. The monoisotopic (exact) mass is 418 g/mol. The predicted octanol–water partition coefficient (Wildman–Crippen LogP) is 3.96. The topological polar surface area (TPSA) is 87.7 Å². The van der Waals surface area contributed by atoms with Crippen LogP contribution in [-0.4, -0.2) is 23.0 Å². The number of benzene rings is 2. The molecule has 2 unspecified atom stereocenters. The Balaban J connectivity index is 1.96. The van der Waals surface area contributed by atoms with E-state index in [0.29, 0.717) is 28.6 Å². The first-order valence-corrected chi connectivity index (χ1v) is 9.84. The molecule has 0 saturated carbocycles. The molecule has 0 heterocycles. The van der Waals surface area contributed by atoms with Gasteiger partial charge >= 0.3 is 0 Å². The van der Waals surface area contributed by atoms with Crippen molar-refractivity contribution in [1.82, 2.24) is 10.6 Å². The molecule has 0 aromatic heterocycles. The third kappa shape index (κ3) is 6.76. The van der Waals surface area contributed by atoms with E-state index in [9.17, 15) is 14.7 Å². The molecule has 0 aliphatic rings. The van der Waals surface area contributed by atoms with Crippen LogP contribution in [0.4, 0.5) is 0 Å². The van der Waals surface area contributed by atoms with Gasteiger partial charge in [0, 0.05) is 13.5 Å². The van der Waals surface area contributed by atoms with Crippen molar-refractivity contribution >= 4 is 23.4 Å². The molecule has 0 aliphatic carbocycles. The highest BCUT2D eigenvalue weighted by molar-refractivity contribution is 6.32. The van der Waals surface area contributed by atoms with Crippen LogP contribution in [0.3, 0.4) is 0 Å². The number of carbonyl (C=O) groups is 2. The second kappa shape index (κ2) is 10.3. The molecule has 7 heteroatoms. The van der Waals surface area contributed by atoms with Crippen LogP contribution in [0.25, 0.3) is 0 Å². The first kappa shape index (κ1) is 22.7. The largest absolute Gasteiger partial charge is 0.456 e. The van der Waals surface area contributed by atoms with E-state index in [1.807, 2.05) is 26.0 Å². The summed E-state index contributed by atoms with van der Waals surface area (Å²) in [5, 5.41) is 15.5. The van der Waals surface area contributed by atoms with Crippen LogP contribution in [0.5, 0.6) is 11.5 Å². The Labute approximate surface area is 176 Å². The smallest absolute Gasteiger partial charge is 0.243 e. The summed E-state index contributed by atoms with van der Waals surface area (Å²) >= 11 is 6.22. The molecule has 29 heavy (non-hydrogen) atoms. The molecular formula is C22H27ClN2O4. The van der Waals surface area contributed by atoms with E-state index >= 15 is 0 Å². The molecule has 0 bridgehead atoms. The molecule has 0 radical (unpaired) electrons. The SMILES string of the molecule is CC(=O)NC(C(=O)NCc1ccc(Oc2ccc(C(C)O)cc2Cl)cc1)C(C)C. The molecule has 2 amide bonds. The summed E-state index contributed by atoms with van der Waals surface area (Å²) in [5.41, 5.74) is 1.61. The number of hydrogen-bond donors (Lipinski definition) is 3. The Hall–Kier alpha value is -2.57. The number of hydrogen-bond acceptors (Lipinski definition) is 4. The molecular weight excluding hydrogens is 392 g/mol. The van der Waals surface area contributed by atoms with Crippen molar-refractivity contribution in [1.29, 1.82) is 0 Å². The van der Waals surface area contributed by atoms with E-state index in [0.717, 1.165) is 5.56 Å². The first-order chi connectivity index (χ1) is 13.7. The van der Waals surface area contributed by atoms with Crippen molar-refractivity contribution in [3.05, 3.63) is 58.6 Å². The number of nitrogens with one attached hydrogen (secondary N) is 2. The van der Waals surface area contributed by atoms with E-state index in [-0.39, 0.29) is 17.7 Å². The van der Waals surface area contributed by atoms with Crippen molar-refractivity contribution in [2.24, 2.45) is 5.92 Å². The van der Waals surface area contributed by atoms with Crippen molar-refractivity contribution in [2.45, 2.75) is 46.4 Å². The lowest BCUT2D eigenvalue weighted by Crippen LogP contribution is -2.48. The lowest BCUT2D eigenvalue weighted by molar-refractivity contribution is -0.129. The van der Waals surface area contributed by atoms with Gasteiger partial charge in [0.05, 0.1) is 11.1 Å². The summed E-state index contributed by atoms with van der Waals surface area (Å²) in [7, 11) is 0. The summed E-state index contributed by atoms with van der Waals surface area (Å²) in [6.07, 6.45) is -0.600. The molecule has 0 fully saturated rings. The van der Waals surface area contributed by atoms with Gasteiger partial charge in [0.25, 0.3) is 0 Å². The van der Waals surface area contributed by atoms with Gasteiger partial charge in [-0.1, -0.05) is 43.6 Å². The van der Waals surface area contributed by atoms with E-state index in [4.69, 9.17) is 16.3 Å². The van der Waals surface area contributed by atoms with Gasteiger partial charge in [-0.05, 0) is 48.2 Å². The van der Waals surface area contributed by atoms with Gasteiger partial charge in [-0.3, -0.25) is 9.59 Å². The summed E-state index contributed by atoms with van der Waals surface area (Å²) in [5.74, 6) is 0.623. The van der Waals surface area contributed by atoms with Crippen LogP contribution in [0.2, 0.25) is 5.02 Å². The Bertz CT molecular complexity index is 850. The molecule has 0 aliphatic heterocycles. The number of carbonyl (C=O) groups excluding carboxylic acids is 2. The van der Waals surface area contributed by atoms with Crippen molar-refractivity contribution in [2.75, 3.05) is 0 Å². The molecule has 156 valence electrons. The normalized spacial score (nSPS) is 12.9. The maximum atomic E-state index is 12.3. The number of rotatable bonds is 8. The fraction of sp³-hybridized carbons (Fsp3) is 0.364. The van der Waals surface area contributed by atoms with Gasteiger partial charge in [-0.15, -0.1) is 0 Å². The Kier molecular flexibility index (Phi) is 8.05. The number of halogens is 1. The minimum Gasteiger partial charge on any atom is -0.456 e. The van der Waals surface area contributed by atoms with Gasteiger partial charge in [0.2, 0.25) is 11.8 Å². The Morgan fingerprint density at radius 2 is 1.76 bits per heavy atom. The zero-order valence-electron chi connectivity index (χ0n) is 17.0. The molecule has 2 aromatic rings. The summed E-state index contributed by atoms with van der Waals surface area (Å²) in [4.78, 5) is 23.6. The van der Waals surface area contributed by atoms with Gasteiger partial charge in [-0.2, -0.15) is 0 Å². The summed E-state index contributed by atoms with van der Waals surface area (Å²) in [6.45, 7) is 7.16. The minimum atomic E-state index is -0.600. The third-order valence-electron chi connectivity index (χ3n) is 4.36. The lowest BCUT2D eigenvalue weighted by Gasteiger charge is -2.21. The van der Waals surface area contributed by atoms with Crippen LogP contribution in [-0.2, 0) is 16.1 Å². The molecule has 0 spiro atoms. The van der Waals surface area contributed by atoms with Crippen LogP contribution in [0.15, 0.2) is 42.5 Å². The summed E-state index contributed by atoms with van der Waals surface area (Å²) < 4.78 is 5.79. The highest BCUT2D eigenvalue weighted by atomic mass is 35.5. The van der Waals surface area contributed by atoms with Gasteiger partial charge < -0.3 is 20.5 Å². The molecule has 0 saturated heterocycles. The average Bonchev–Trinajstić information content (AvgIpc) is 2.66. The van der Waals surface area contributed by atoms with E-state index in [2.05, 4.69) is 10.6 Å². The third-order valence-corrected chi connectivity index (χ3v) is 4.66. The fourth-order valence-electron chi connectivity index (χ4n) is 2.72. The Morgan fingerprint density at radius 3 is 2.28 bits per heavy atom. The van der Waals surface area contributed by atoms with Gasteiger partial charge in [0.15, 0.2) is 0 Å².